The number of carboxylic acid groups (broad SMARTS) is 1. The number of rotatable bonds is 4. The summed E-state index contributed by atoms with van der Waals surface area (Å²) in [7, 11) is 1.47. The van der Waals surface area contributed by atoms with Gasteiger partial charge < -0.3 is 14.9 Å². The maximum Gasteiger partial charge on any atom is 0.328 e. The molecule has 4 nitrogen and oxygen atoms in total. The molecule has 0 aliphatic rings. The zero-order valence-electron chi connectivity index (χ0n) is 8.75. The van der Waals surface area contributed by atoms with Crippen LogP contribution in [0.4, 0.5) is 0 Å². The van der Waals surface area contributed by atoms with Crippen LogP contribution in [0.25, 0.3) is 6.08 Å². The van der Waals surface area contributed by atoms with Gasteiger partial charge in [0.15, 0.2) is 11.5 Å². The minimum absolute atomic E-state index is 0.0701. The van der Waals surface area contributed by atoms with Gasteiger partial charge in [0.2, 0.25) is 0 Å². The lowest BCUT2D eigenvalue weighted by atomic mass is 10.2. The highest BCUT2D eigenvalue weighted by Gasteiger charge is 1.99. The number of methoxy groups -OCH3 is 1. The monoisotopic (exact) mass is 220 g/mol. The van der Waals surface area contributed by atoms with Crippen molar-refractivity contribution in [2.75, 3.05) is 7.11 Å². The molecule has 4 heteroatoms. The molecule has 0 aromatic heterocycles. The van der Waals surface area contributed by atoms with Crippen LogP contribution in [0.3, 0.4) is 0 Å². The van der Waals surface area contributed by atoms with E-state index in [1.165, 1.54) is 19.3 Å². The maximum absolute atomic E-state index is 10.2. The first-order valence-electron chi connectivity index (χ1n) is 4.58. The zero-order chi connectivity index (χ0) is 12.0. The lowest BCUT2D eigenvalue weighted by molar-refractivity contribution is -0.131. The highest BCUT2D eigenvalue weighted by Crippen LogP contribution is 2.26. The van der Waals surface area contributed by atoms with Gasteiger partial charge >= 0.3 is 5.97 Å². The van der Waals surface area contributed by atoms with Crippen LogP contribution >= 0.6 is 0 Å². The number of carbonyl (C=O) groups is 1. The molecule has 1 aromatic rings. The molecule has 0 saturated carbocycles. The number of aromatic hydroxyl groups is 1. The number of hydrogen-bond donors (Lipinski definition) is 2. The number of ether oxygens (including phenoxy) is 1. The minimum Gasteiger partial charge on any atom is -0.504 e. The average Bonchev–Trinajstić information content (AvgIpc) is 2.26. The number of aliphatic carboxylic acids is 1. The van der Waals surface area contributed by atoms with Crippen LogP contribution in [0.2, 0.25) is 0 Å². The summed E-state index contributed by atoms with van der Waals surface area (Å²) in [5.74, 6) is -0.543. The Kier molecular flexibility index (Phi) is 4.15. The van der Waals surface area contributed by atoms with E-state index < -0.39 is 5.97 Å². The first kappa shape index (κ1) is 11.8. The zero-order valence-corrected chi connectivity index (χ0v) is 8.75. The van der Waals surface area contributed by atoms with Crippen LogP contribution in [0.15, 0.2) is 36.4 Å². The van der Waals surface area contributed by atoms with Crippen molar-refractivity contribution in [1.82, 2.24) is 0 Å². The third-order valence-electron chi connectivity index (χ3n) is 1.84. The summed E-state index contributed by atoms with van der Waals surface area (Å²) >= 11 is 0. The van der Waals surface area contributed by atoms with Crippen LogP contribution in [0.1, 0.15) is 5.56 Å². The number of phenols is 1. The summed E-state index contributed by atoms with van der Waals surface area (Å²) in [4.78, 5) is 10.2. The highest BCUT2D eigenvalue weighted by molar-refractivity contribution is 5.80. The topological polar surface area (TPSA) is 66.8 Å². The Morgan fingerprint density at radius 1 is 1.38 bits per heavy atom. The Bertz CT molecular complexity index is 433. The second-order valence-electron chi connectivity index (χ2n) is 2.99. The van der Waals surface area contributed by atoms with E-state index in [4.69, 9.17) is 9.84 Å². The van der Waals surface area contributed by atoms with Gasteiger partial charge in [0.1, 0.15) is 0 Å². The van der Waals surface area contributed by atoms with E-state index >= 15 is 0 Å². The number of hydrogen-bond acceptors (Lipinski definition) is 3. The van der Waals surface area contributed by atoms with E-state index in [0.29, 0.717) is 5.75 Å². The number of phenolic OH excluding ortho intramolecular Hbond substituents is 1. The van der Waals surface area contributed by atoms with Crippen molar-refractivity contribution in [2.24, 2.45) is 0 Å². The van der Waals surface area contributed by atoms with Gasteiger partial charge in [0.05, 0.1) is 7.11 Å². The van der Waals surface area contributed by atoms with Crippen LogP contribution < -0.4 is 4.74 Å². The normalized spacial score (nSPS) is 11.1. The van der Waals surface area contributed by atoms with Crippen molar-refractivity contribution in [3.63, 3.8) is 0 Å². The summed E-state index contributed by atoms with van der Waals surface area (Å²) in [6.07, 6.45) is 5.76. The summed E-state index contributed by atoms with van der Waals surface area (Å²) < 4.78 is 4.93. The van der Waals surface area contributed by atoms with E-state index in [1.54, 1.807) is 24.3 Å². The third-order valence-corrected chi connectivity index (χ3v) is 1.84. The predicted molar refractivity (Wildman–Crippen MR) is 60.5 cm³/mol. The molecule has 0 atom stereocenters. The SMILES string of the molecule is COc1cc(/C=C/C=C\C(=O)O)ccc1O. The Morgan fingerprint density at radius 2 is 2.12 bits per heavy atom. The summed E-state index contributed by atoms with van der Waals surface area (Å²) in [5.41, 5.74) is 0.810. The fraction of sp³-hybridized carbons (Fsp3) is 0.0833. The molecule has 0 heterocycles. The molecule has 0 fully saturated rings. The van der Waals surface area contributed by atoms with Gasteiger partial charge in [-0.2, -0.15) is 0 Å². The van der Waals surface area contributed by atoms with Crippen molar-refractivity contribution >= 4 is 12.0 Å². The molecule has 0 spiro atoms. The summed E-state index contributed by atoms with van der Waals surface area (Å²) in [6.45, 7) is 0. The van der Waals surface area contributed by atoms with Gasteiger partial charge in [0.25, 0.3) is 0 Å². The molecule has 2 N–H and O–H groups in total. The molecule has 0 aliphatic heterocycles. The molecule has 84 valence electrons. The van der Waals surface area contributed by atoms with Gasteiger partial charge in [0, 0.05) is 6.08 Å². The quantitative estimate of drug-likeness (QED) is 0.602. The van der Waals surface area contributed by atoms with E-state index in [9.17, 15) is 9.90 Å². The van der Waals surface area contributed by atoms with Crippen molar-refractivity contribution < 1.29 is 19.7 Å². The first-order chi connectivity index (χ1) is 7.63. The lowest BCUT2D eigenvalue weighted by Gasteiger charge is -2.03. The van der Waals surface area contributed by atoms with Crippen LogP contribution in [0, 0.1) is 0 Å². The Hall–Kier alpha value is -2.23. The molecule has 0 bridgehead atoms. The Balaban J connectivity index is 2.78. The molecule has 0 saturated heterocycles. The second kappa shape index (κ2) is 5.60. The molecule has 1 rings (SSSR count). The smallest absolute Gasteiger partial charge is 0.328 e. The molecule has 0 unspecified atom stereocenters. The predicted octanol–water partition coefficient (Wildman–Crippen LogP) is 2.05. The number of benzene rings is 1. The molecule has 1 aromatic carbocycles. The van der Waals surface area contributed by atoms with Gasteiger partial charge in [-0.15, -0.1) is 0 Å². The molecule has 0 amide bonds. The number of allylic oxidation sites excluding steroid dienone is 2. The van der Waals surface area contributed by atoms with Gasteiger partial charge in [-0.3, -0.25) is 0 Å². The fourth-order valence-electron chi connectivity index (χ4n) is 1.10. The van der Waals surface area contributed by atoms with E-state index in [2.05, 4.69) is 0 Å². The standard InChI is InChI=1S/C12H12O4/c1-16-11-8-9(6-7-10(11)13)4-2-3-5-12(14)15/h2-8,13H,1H3,(H,14,15)/b4-2+,5-3-. The first-order valence-corrected chi connectivity index (χ1v) is 4.58. The Labute approximate surface area is 93.1 Å². The summed E-state index contributed by atoms with van der Waals surface area (Å²) in [5, 5.41) is 17.7. The molecule has 16 heavy (non-hydrogen) atoms. The molecular weight excluding hydrogens is 208 g/mol. The van der Waals surface area contributed by atoms with Crippen molar-refractivity contribution in [2.45, 2.75) is 0 Å². The van der Waals surface area contributed by atoms with E-state index in [0.717, 1.165) is 11.6 Å². The van der Waals surface area contributed by atoms with Gasteiger partial charge in [-0.1, -0.05) is 24.3 Å². The fourth-order valence-corrected chi connectivity index (χ4v) is 1.10. The van der Waals surface area contributed by atoms with Crippen LogP contribution in [-0.4, -0.2) is 23.3 Å². The minimum atomic E-state index is -0.993. The van der Waals surface area contributed by atoms with E-state index in [1.807, 2.05) is 0 Å². The third kappa shape index (κ3) is 3.49. The van der Waals surface area contributed by atoms with E-state index in [-0.39, 0.29) is 5.75 Å². The largest absolute Gasteiger partial charge is 0.504 e. The van der Waals surface area contributed by atoms with Crippen LogP contribution in [0.5, 0.6) is 11.5 Å². The van der Waals surface area contributed by atoms with Crippen LogP contribution in [-0.2, 0) is 4.79 Å². The summed E-state index contributed by atoms with van der Waals surface area (Å²) in [6, 6.07) is 4.86. The average molecular weight is 220 g/mol. The van der Waals surface area contributed by atoms with Gasteiger partial charge in [-0.25, -0.2) is 4.79 Å². The Morgan fingerprint density at radius 3 is 2.75 bits per heavy atom. The number of carboxylic acids is 1. The van der Waals surface area contributed by atoms with Crippen molar-refractivity contribution in [3.8, 4) is 11.5 Å². The second-order valence-corrected chi connectivity index (χ2v) is 2.99. The highest BCUT2D eigenvalue weighted by atomic mass is 16.5. The molecular formula is C12H12O4. The van der Waals surface area contributed by atoms with Crippen molar-refractivity contribution in [3.05, 3.63) is 42.0 Å². The lowest BCUT2D eigenvalue weighted by Crippen LogP contribution is -1.85. The molecule has 0 aliphatic carbocycles. The van der Waals surface area contributed by atoms with Crippen molar-refractivity contribution in [1.29, 1.82) is 0 Å². The van der Waals surface area contributed by atoms with Gasteiger partial charge in [-0.05, 0) is 17.7 Å². The molecule has 0 radical (unpaired) electrons. The maximum atomic E-state index is 10.2.